The normalized spacial score (nSPS) is 10.3. The van der Waals surface area contributed by atoms with E-state index in [1.165, 1.54) is 12.3 Å². The molecule has 2 aromatic rings. The van der Waals surface area contributed by atoms with Gasteiger partial charge >= 0.3 is 0 Å². The first-order chi connectivity index (χ1) is 8.08. The number of H-pyrrole nitrogens is 1. The van der Waals surface area contributed by atoms with Crippen molar-refractivity contribution in [3.05, 3.63) is 47.5 Å². The molecule has 1 amide bonds. The van der Waals surface area contributed by atoms with Gasteiger partial charge in [-0.2, -0.15) is 0 Å². The number of nitrogens with zero attached hydrogens (tertiary/aromatic N) is 1. The Balaban J connectivity index is 2.24. The van der Waals surface area contributed by atoms with Crippen molar-refractivity contribution >= 4 is 11.6 Å². The molecular weight excluding hydrogens is 228 g/mol. The fraction of sp³-hybridized carbons (Fsp3) is 0.0909. The minimum Gasteiger partial charge on any atom is -0.338 e. The van der Waals surface area contributed by atoms with Crippen LogP contribution in [0.5, 0.6) is 0 Å². The molecule has 2 rings (SSSR count). The molecule has 0 saturated carbocycles. The number of nitrogens with one attached hydrogen (secondary N) is 2. The smallest absolute Gasteiger partial charge is 0.273 e. The van der Waals surface area contributed by atoms with Gasteiger partial charge < -0.3 is 10.3 Å². The van der Waals surface area contributed by atoms with Gasteiger partial charge in [-0.05, 0) is 19.1 Å². The average molecular weight is 237 g/mol. The number of hydrogen-bond donors (Lipinski definition) is 2. The van der Waals surface area contributed by atoms with E-state index in [4.69, 9.17) is 0 Å². The summed E-state index contributed by atoms with van der Waals surface area (Å²) in [5.74, 6) is -1.75. The van der Waals surface area contributed by atoms with Gasteiger partial charge in [0.1, 0.15) is 28.8 Å². The summed E-state index contributed by atoms with van der Waals surface area (Å²) in [4.78, 5) is 18.1. The van der Waals surface area contributed by atoms with Crippen LogP contribution in [-0.2, 0) is 0 Å². The number of aromatic nitrogens is 2. The molecule has 1 aromatic heterocycles. The molecule has 0 bridgehead atoms. The molecule has 0 aliphatic carbocycles. The number of benzene rings is 1. The number of carbonyl (C=O) groups is 1. The summed E-state index contributed by atoms with van der Waals surface area (Å²) in [7, 11) is 0. The molecule has 17 heavy (non-hydrogen) atoms. The Bertz CT molecular complexity index is 545. The number of amides is 1. The lowest BCUT2D eigenvalue weighted by Gasteiger charge is -2.05. The molecule has 4 nitrogen and oxygen atoms in total. The van der Waals surface area contributed by atoms with Crippen molar-refractivity contribution in [3.8, 4) is 0 Å². The maximum atomic E-state index is 13.3. The second-order valence-corrected chi connectivity index (χ2v) is 3.43. The van der Waals surface area contributed by atoms with Crippen molar-refractivity contribution in [2.24, 2.45) is 0 Å². The molecule has 0 spiro atoms. The number of para-hydroxylation sites is 1. The summed E-state index contributed by atoms with van der Waals surface area (Å²) >= 11 is 0. The number of carbonyl (C=O) groups excluding carboxylic acids is 1. The molecule has 0 fully saturated rings. The third kappa shape index (κ3) is 2.30. The van der Waals surface area contributed by atoms with Gasteiger partial charge in [-0.3, -0.25) is 4.79 Å². The van der Waals surface area contributed by atoms with Crippen LogP contribution in [0.4, 0.5) is 14.5 Å². The number of anilines is 1. The molecule has 1 heterocycles. The fourth-order valence-corrected chi connectivity index (χ4v) is 1.33. The van der Waals surface area contributed by atoms with Gasteiger partial charge in [-0.1, -0.05) is 6.07 Å². The molecule has 6 heteroatoms. The number of rotatable bonds is 2. The van der Waals surface area contributed by atoms with E-state index in [2.05, 4.69) is 15.3 Å². The molecule has 1 aromatic carbocycles. The molecule has 0 aliphatic heterocycles. The quantitative estimate of drug-likeness (QED) is 0.841. The highest BCUT2D eigenvalue weighted by Crippen LogP contribution is 2.18. The van der Waals surface area contributed by atoms with Gasteiger partial charge in [0.05, 0.1) is 6.20 Å². The zero-order valence-corrected chi connectivity index (χ0v) is 8.92. The molecule has 0 atom stereocenters. The van der Waals surface area contributed by atoms with Gasteiger partial charge in [0.15, 0.2) is 0 Å². The monoisotopic (exact) mass is 237 g/mol. The summed E-state index contributed by atoms with van der Waals surface area (Å²) in [6, 6.07) is 3.36. The van der Waals surface area contributed by atoms with Crippen LogP contribution in [0.3, 0.4) is 0 Å². The number of aromatic amines is 1. The van der Waals surface area contributed by atoms with Gasteiger partial charge in [0.2, 0.25) is 0 Å². The summed E-state index contributed by atoms with van der Waals surface area (Å²) in [6.07, 6.45) is 1.30. The van der Waals surface area contributed by atoms with Gasteiger partial charge in [-0.15, -0.1) is 0 Å². The summed E-state index contributed by atoms with van der Waals surface area (Å²) in [5.41, 5.74) is -0.324. The predicted molar refractivity (Wildman–Crippen MR) is 57.6 cm³/mol. The molecule has 88 valence electrons. The fourth-order valence-electron chi connectivity index (χ4n) is 1.33. The van der Waals surface area contributed by atoms with Crippen LogP contribution in [0, 0.1) is 18.6 Å². The standard InChI is InChI=1S/C11H9F2N3O/c1-6-14-5-9(15-6)11(17)16-10-7(12)3-2-4-8(10)13/h2-5H,1H3,(H,14,15)(H,16,17). The molecular formula is C11H9F2N3O. The van der Waals surface area contributed by atoms with Crippen LogP contribution in [0.15, 0.2) is 24.4 Å². The molecule has 2 N–H and O–H groups in total. The number of imidazole rings is 1. The van der Waals surface area contributed by atoms with Crippen molar-refractivity contribution in [2.75, 3.05) is 5.32 Å². The number of halogens is 2. The van der Waals surface area contributed by atoms with E-state index < -0.39 is 23.2 Å². The van der Waals surface area contributed by atoms with Crippen molar-refractivity contribution in [2.45, 2.75) is 6.92 Å². The molecule has 0 radical (unpaired) electrons. The van der Waals surface area contributed by atoms with E-state index in [1.807, 2.05) is 0 Å². The lowest BCUT2D eigenvalue weighted by Crippen LogP contribution is -2.14. The van der Waals surface area contributed by atoms with Crippen LogP contribution in [0.1, 0.15) is 16.3 Å². The van der Waals surface area contributed by atoms with E-state index in [-0.39, 0.29) is 5.69 Å². The number of aryl methyl sites for hydroxylation is 1. The lowest BCUT2D eigenvalue weighted by atomic mass is 10.3. The molecule has 0 aliphatic rings. The topological polar surface area (TPSA) is 57.8 Å². The van der Waals surface area contributed by atoms with E-state index in [0.29, 0.717) is 5.82 Å². The van der Waals surface area contributed by atoms with Crippen LogP contribution >= 0.6 is 0 Å². The Morgan fingerprint density at radius 1 is 1.35 bits per heavy atom. The zero-order chi connectivity index (χ0) is 12.4. The first kappa shape index (κ1) is 11.3. The third-order valence-electron chi connectivity index (χ3n) is 2.15. The van der Waals surface area contributed by atoms with Crippen molar-refractivity contribution < 1.29 is 13.6 Å². The summed E-state index contributed by atoms with van der Waals surface area (Å²) in [5, 5.41) is 2.15. The van der Waals surface area contributed by atoms with Crippen LogP contribution in [-0.4, -0.2) is 15.9 Å². The van der Waals surface area contributed by atoms with E-state index in [0.717, 1.165) is 12.1 Å². The highest BCUT2D eigenvalue weighted by Gasteiger charge is 2.14. The van der Waals surface area contributed by atoms with Gasteiger partial charge in [0, 0.05) is 0 Å². The van der Waals surface area contributed by atoms with Crippen molar-refractivity contribution in [1.29, 1.82) is 0 Å². The van der Waals surface area contributed by atoms with Crippen LogP contribution < -0.4 is 5.32 Å². The Labute approximate surface area is 95.7 Å². The van der Waals surface area contributed by atoms with Crippen LogP contribution in [0.25, 0.3) is 0 Å². The number of hydrogen-bond acceptors (Lipinski definition) is 2. The van der Waals surface area contributed by atoms with E-state index in [9.17, 15) is 13.6 Å². The average Bonchev–Trinajstić information content (AvgIpc) is 2.70. The van der Waals surface area contributed by atoms with Crippen molar-refractivity contribution in [3.63, 3.8) is 0 Å². The van der Waals surface area contributed by atoms with E-state index >= 15 is 0 Å². The summed E-state index contributed by atoms with van der Waals surface area (Å²) < 4.78 is 26.5. The van der Waals surface area contributed by atoms with Crippen LogP contribution in [0.2, 0.25) is 0 Å². The predicted octanol–water partition coefficient (Wildman–Crippen LogP) is 2.25. The summed E-state index contributed by atoms with van der Waals surface area (Å²) in [6.45, 7) is 1.67. The third-order valence-corrected chi connectivity index (χ3v) is 2.15. The maximum Gasteiger partial charge on any atom is 0.273 e. The Kier molecular flexibility index (Phi) is 2.86. The molecule has 0 saturated heterocycles. The minimum atomic E-state index is -0.824. The Morgan fingerprint density at radius 2 is 2.00 bits per heavy atom. The van der Waals surface area contributed by atoms with Crippen molar-refractivity contribution in [1.82, 2.24) is 9.97 Å². The van der Waals surface area contributed by atoms with E-state index in [1.54, 1.807) is 6.92 Å². The minimum absolute atomic E-state index is 0.144. The zero-order valence-electron chi connectivity index (χ0n) is 8.92. The second-order valence-electron chi connectivity index (χ2n) is 3.43. The highest BCUT2D eigenvalue weighted by atomic mass is 19.1. The SMILES string of the molecule is Cc1ncc(C(=O)Nc2c(F)cccc2F)[nH]1. The first-order valence-electron chi connectivity index (χ1n) is 4.85. The first-order valence-corrected chi connectivity index (χ1v) is 4.85. The lowest BCUT2D eigenvalue weighted by molar-refractivity contribution is 0.102. The largest absolute Gasteiger partial charge is 0.338 e. The van der Waals surface area contributed by atoms with Gasteiger partial charge in [-0.25, -0.2) is 13.8 Å². The Morgan fingerprint density at radius 3 is 2.53 bits per heavy atom. The van der Waals surface area contributed by atoms with Gasteiger partial charge in [0.25, 0.3) is 5.91 Å². The molecule has 0 unspecified atom stereocenters. The highest BCUT2D eigenvalue weighted by molar-refractivity contribution is 6.02. The Hall–Kier alpha value is -2.24. The maximum absolute atomic E-state index is 13.3. The second kappa shape index (κ2) is 4.32.